The smallest absolute Gasteiger partial charge is 0.161 e. The number of nitrogen functional groups attached to an aromatic ring is 1. The lowest BCUT2D eigenvalue weighted by atomic mass is 10.0. The van der Waals surface area contributed by atoms with Gasteiger partial charge in [-0.2, -0.15) is 5.10 Å². The molecule has 0 saturated heterocycles. The Hall–Kier alpha value is -1.75. The maximum atomic E-state index is 6.17. The molecular weight excluding hydrogens is 357 g/mol. The van der Waals surface area contributed by atoms with Crippen LogP contribution in [0.5, 0.6) is 5.75 Å². The molecular formula is C16H12Cl3N3O. The highest BCUT2D eigenvalue weighted by atomic mass is 35.5. The molecule has 0 spiro atoms. The zero-order valence-electron chi connectivity index (χ0n) is 12.1. The summed E-state index contributed by atoms with van der Waals surface area (Å²) in [6.45, 7) is 0. The van der Waals surface area contributed by atoms with E-state index >= 15 is 0 Å². The Labute approximate surface area is 148 Å². The number of nitrogens with two attached hydrogens (primary N) is 1. The third-order valence-corrected chi connectivity index (χ3v) is 4.45. The van der Waals surface area contributed by atoms with E-state index in [1.54, 1.807) is 13.2 Å². The molecule has 2 N–H and O–H groups in total. The summed E-state index contributed by atoms with van der Waals surface area (Å²) in [6.07, 6.45) is 0.533. The zero-order chi connectivity index (χ0) is 16.6. The van der Waals surface area contributed by atoms with Gasteiger partial charge in [0.15, 0.2) is 5.15 Å². The van der Waals surface area contributed by atoms with Crippen LogP contribution in [0.15, 0.2) is 30.3 Å². The van der Waals surface area contributed by atoms with Crippen molar-refractivity contribution in [2.75, 3.05) is 12.8 Å². The summed E-state index contributed by atoms with van der Waals surface area (Å²) in [5.41, 5.74) is 8.14. The highest BCUT2D eigenvalue weighted by molar-refractivity contribution is 6.39. The summed E-state index contributed by atoms with van der Waals surface area (Å²) >= 11 is 18.4. The Kier molecular flexibility index (Phi) is 4.48. The van der Waals surface area contributed by atoms with Crippen molar-refractivity contribution in [2.24, 2.45) is 0 Å². The Morgan fingerprint density at radius 3 is 2.52 bits per heavy atom. The van der Waals surface area contributed by atoms with Crippen molar-refractivity contribution in [3.63, 3.8) is 0 Å². The van der Waals surface area contributed by atoms with E-state index in [1.165, 1.54) is 0 Å². The molecule has 2 aromatic carbocycles. The Balaban J connectivity index is 2.09. The Morgan fingerprint density at radius 2 is 1.83 bits per heavy atom. The lowest BCUT2D eigenvalue weighted by molar-refractivity contribution is 0.415. The fraction of sp³-hybridized carbons (Fsp3) is 0.125. The standard InChI is InChI=1S/C16H12Cl3N3O/c1-23-13-5-2-8(6-11(13)18)7-12-9-3-4-10(17)15(20)14(9)16(19)22-21-12/h2-6H,7,20H2,1H3. The number of benzene rings is 2. The number of ether oxygens (including phenoxy) is 1. The van der Waals surface area contributed by atoms with E-state index in [-0.39, 0.29) is 5.15 Å². The molecule has 7 heteroatoms. The summed E-state index contributed by atoms with van der Waals surface area (Å²) in [7, 11) is 1.57. The molecule has 23 heavy (non-hydrogen) atoms. The maximum absolute atomic E-state index is 6.17. The predicted octanol–water partition coefficient (Wildman–Crippen LogP) is 4.77. The van der Waals surface area contributed by atoms with Crippen LogP contribution in [0, 0.1) is 0 Å². The lowest BCUT2D eigenvalue weighted by Gasteiger charge is -2.10. The number of halogens is 3. The lowest BCUT2D eigenvalue weighted by Crippen LogP contribution is -2.00. The van der Waals surface area contributed by atoms with Gasteiger partial charge in [0.2, 0.25) is 0 Å². The number of methoxy groups -OCH3 is 1. The average molecular weight is 369 g/mol. The third-order valence-electron chi connectivity index (χ3n) is 3.56. The molecule has 0 fully saturated rings. The van der Waals surface area contributed by atoms with E-state index in [0.717, 1.165) is 16.6 Å². The van der Waals surface area contributed by atoms with Gasteiger partial charge in [-0.15, -0.1) is 5.10 Å². The van der Waals surface area contributed by atoms with Crippen LogP contribution in [0.4, 0.5) is 5.69 Å². The van der Waals surface area contributed by atoms with Gasteiger partial charge in [0.1, 0.15) is 5.75 Å². The summed E-state index contributed by atoms with van der Waals surface area (Å²) in [5, 5.41) is 10.8. The predicted molar refractivity (Wildman–Crippen MR) is 94.8 cm³/mol. The number of hydrogen-bond acceptors (Lipinski definition) is 4. The average Bonchev–Trinajstić information content (AvgIpc) is 2.53. The van der Waals surface area contributed by atoms with E-state index in [2.05, 4.69) is 10.2 Å². The molecule has 0 amide bonds. The van der Waals surface area contributed by atoms with Gasteiger partial charge in [0.25, 0.3) is 0 Å². The van der Waals surface area contributed by atoms with E-state index < -0.39 is 0 Å². The Morgan fingerprint density at radius 1 is 1.04 bits per heavy atom. The number of anilines is 1. The molecule has 0 atom stereocenters. The first-order valence-electron chi connectivity index (χ1n) is 6.72. The molecule has 3 aromatic rings. The molecule has 3 rings (SSSR count). The van der Waals surface area contributed by atoms with Crippen molar-refractivity contribution in [1.82, 2.24) is 10.2 Å². The van der Waals surface area contributed by atoms with Crippen molar-refractivity contribution in [2.45, 2.75) is 6.42 Å². The fourth-order valence-corrected chi connectivity index (χ4v) is 3.09. The summed E-state index contributed by atoms with van der Waals surface area (Å²) in [4.78, 5) is 0. The van der Waals surface area contributed by atoms with Gasteiger partial charge in [-0.3, -0.25) is 0 Å². The van der Waals surface area contributed by atoms with E-state index in [4.69, 9.17) is 45.3 Å². The number of aromatic nitrogens is 2. The van der Waals surface area contributed by atoms with Gasteiger partial charge in [-0.25, -0.2) is 0 Å². The molecule has 0 bridgehead atoms. The molecule has 0 unspecified atom stereocenters. The minimum absolute atomic E-state index is 0.233. The molecule has 0 saturated carbocycles. The second kappa shape index (κ2) is 6.40. The van der Waals surface area contributed by atoms with E-state index in [1.807, 2.05) is 24.3 Å². The van der Waals surface area contributed by atoms with Crippen molar-refractivity contribution in [1.29, 1.82) is 0 Å². The first-order chi connectivity index (χ1) is 11.0. The largest absolute Gasteiger partial charge is 0.495 e. The van der Waals surface area contributed by atoms with Crippen LogP contribution in [0.3, 0.4) is 0 Å². The van der Waals surface area contributed by atoms with Crippen LogP contribution in [0.1, 0.15) is 11.3 Å². The zero-order valence-corrected chi connectivity index (χ0v) is 14.4. The summed E-state index contributed by atoms with van der Waals surface area (Å²) in [5.74, 6) is 0.624. The monoisotopic (exact) mass is 367 g/mol. The van der Waals surface area contributed by atoms with Crippen molar-refractivity contribution >= 4 is 51.3 Å². The molecule has 0 aliphatic carbocycles. The molecule has 4 nitrogen and oxygen atoms in total. The van der Waals surface area contributed by atoms with Crippen LogP contribution in [0.2, 0.25) is 15.2 Å². The van der Waals surface area contributed by atoms with Crippen LogP contribution < -0.4 is 10.5 Å². The van der Waals surface area contributed by atoms with Crippen LogP contribution >= 0.6 is 34.8 Å². The number of nitrogens with zero attached hydrogens (tertiary/aromatic N) is 2. The van der Waals surface area contributed by atoms with Crippen LogP contribution in [-0.4, -0.2) is 17.3 Å². The number of rotatable bonds is 3. The van der Waals surface area contributed by atoms with E-state index in [0.29, 0.717) is 33.3 Å². The maximum Gasteiger partial charge on any atom is 0.161 e. The minimum atomic E-state index is 0.233. The third kappa shape index (κ3) is 3.02. The fourth-order valence-electron chi connectivity index (χ4n) is 2.41. The van der Waals surface area contributed by atoms with Gasteiger partial charge in [0, 0.05) is 17.2 Å². The van der Waals surface area contributed by atoms with Crippen LogP contribution in [-0.2, 0) is 6.42 Å². The van der Waals surface area contributed by atoms with Gasteiger partial charge in [0.05, 0.1) is 28.5 Å². The highest BCUT2D eigenvalue weighted by Gasteiger charge is 2.14. The first-order valence-corrected chi connectivity index (χ1v) is 7.85. The Bertz CT molecular complexity index is 899. The van der Waals surface area contributed by atoms with Crippen molar-refractivity contribution in [3.8, 4) is 5.75 Å². The molecule has 0 radical (unpaired) electrons. The second-order valence-corrected chi connectivity index (χ2v) is 6.14. The number of fused-ring (bicyclic) bond motifs is 1. The van der Waals surface area contributed by atoms with Crippen molar-refractivity contribution < 1.29 is 4.74 Å². The first kappa shape index (κ1) is 16.1. The van der Waals surface area contributed by atoms with Gasteiger partial charge in [-0.05, 0) is 23.8 Å². The van der Waals surface area contributed by atoms with E-state index in [9.17, 15) is 0 Å². The summed E-state index contributed by atoms with van der Waals surface area (Å²) in [6, 6.07) is 9.14. The van der Waals surface area contributed by atoms with Gasteiger partial charge in [-0.1, -0.05) is 46.9 Å². The minimum Gasteiger partial charge on any atom is -0.495 e. The quantitative estimate of drug-likeness (QED) is 0.676. The molecule has 0 aliphatic heterocycles. The second-order valence-electron chi connectivity index (χ2n) is 4.97. The SMILES string of the molecule is COc1ccc(Cc2nnc(Cl)c3c(N)c(Cl)ccc23)cc1Cl. The summed E-state index contributed by atoms with van der Waals surface area (Å²) < 4.78 is 5.16. The normalized spacial score (nSPS) is 11.0. The molecule has 0 aliphatic rings. The molecule has 1 aromatic heterocycles. The van der Waals surface area contributed by atoms with Crippen molar-refractivity contribution in [3.05, 3.63) is 56.8 Å². The highest BCUT2D eigenvalue weighted by Crippen LogP contribution is 2.34. The van der Waals surface area contributed by atoms with Gasteiger partial charge < -0.3 is 10.5 Å². The topological polar surface area (TPSA) is 61.0 Å². The number of hydrogen-bond donors (Lipinski definition) is 1. The molecule has 118 valence electrons. The van der Waals surface area contributed by atoms with Gasteiger partial charge >= 0.3 is 0 Å². The molecule has 1 heterocycles. The van der Waals surface area contributed by atoms with Crippen LogP contribution in [0.25, 0.3) is 10.8 Å².